The number of hydrogen-bond donors (Lipinski definition) is 0. The van der Waals surface area contributed by atoms with E-state index in [2.05, 4.69) is 153 Å². The van der Waals surface area contributed by atoms with E-state index in [-0.39, 0.29) is 16.2 Å². The van der Waals surface area contributed by atoms with Gasteiger partial charge in [-0.25, -0.2) is 0 Å². The van der Waals surface area contributed by atoms with Gasteiger partial charge in [0, 0.05) is 16.5 Å². The maximum Gasteiger partial charge on any atom is 0.0547 e. The molecule has 0 saturated carbocycles. The van der Waals surface area contributed by atoms with Crippen LogP contribution in [0.5, 0.6) is 0 Å². The minimum absolute atomic E-state index is 0.0549. The molecule has 0 aliphatic heterocycles. The minimum atomic E-state index is 0.0549. The third-order valence-electron chi connectivity index (χ3n) is 8.02. The third-order valence-corrected chi connectivity index (χ3v) is 8.02. The average molecular weight is 502 g/mol. The minimum Gasteiger partial charge on any atom is -0.309 e. The fraction of sp³-hybridized carbons (Fsp3) is 0.351. The van der Waals surface area contributed by atoms with E-state index < -0.39 is 0 Å². The molecule has 1 heteroatoms. The second-order valence-corrected chi connectivity index (χ2v) is 14.1. The zero-order valence-corrected chi connectivity index (χ0v) is 25.0. The van der Waals surface area contributed by atoms with Gasteiger partial charge in [-0.1, -0.05) is 117 Å². The standard InChI is InChI=1S/C37H43N/c1-24-30(37(8,9)10)19-20-32-33(24)34-29(25-15-12-11-13-16-25)17-14-18-31(34)38(32)28-22-26(35(2,3)4)21-27(23-28)36(5,6)7/h11-23H,1-10H3. The summed E-state index contributed by atoms with van der Waals surface area (Å²) in [6.45, 7) is 23.2. The van der Waals surface area contributed by atoms with Gasteiger partial charge in [0.2, 0.25) is 0 Å². The highest BCUT2D eigenvalue weighted by Gasteiger charge is 2.25. The van der Waals surface area contributed by atoms with Crippen LogP contribution in [0, 0.1) is 6.92 Å². The summed E-state index contributed by atoms with van der Waals surface area (Å²) < 4.78 is 2.51. The molecule has 38 heavy (non-hydrogen) atoms. The van der Waals surface area contributed by atoms with Crippen molar-refractivity contribution in [2.75, 3.05) is 0 Å². The maximum atomic E-state index is 2.51. The lowest BCUT2D eigenvalue weighted by atomic mass is 9.80. The molecule has 0 N–H and O–H groups in total. The van der Waals surface area contributed by atoms with Crippen molar-refractivity contribution in [2.45, 2.75) is 85.5 Å². The lowest BCUT2D eigenvalue weighted by Gasteiger charge is -2.27. The van der Waals surface area contributed by atoms with Crippen LogP contribution in [0.1, 0.15) is 84.6 Å². The highest BCUT2D eigenvalue weighted by atomic mass is 15.0. The van der Waals surface area contributed by atoms with Crippen LogP contribution in [0.15, 0.2) is 78.9 Å². The molecule has 1 heterocycles. The van der Waals surface area contributed by atoms with E-state index in [1.54, 1.807) is 0 Å². The first-order valence-corrected chi connectivity index (χ1v) is 14.0. The van der Waals surface area contributed by atoms with Crippen LogP contribution in [0.4, 0.5) is 0 Å². The topological polar surface area (TPSA) is 4.93 Å². The Balaban J connectivity index is 1.98. The van der Waals surface area contributed by atoms with Gasteiger partial charge in [0.25, 0.3) is 0 Å². The first kappa shape index (κ1) is 26.3. The molecule has 1 nitrogen and oxygen atoms in total. The molecule has 0 spiro atoms. The molecule has 1 aromatic heterocycles. The lowest BCUT2D eigenvalue weighted by molar-refractivity contribution is 0.568. The van der Waals surface area contributed by atoms with Gasteiger partial charge in [0.1, 0.15) is 0 Å². The Bertz CT molecular complexity index is 1610. The number of aromatic nitrogens is 1. The van der Waals surface area contributed by atoms with Crippen LogP contribution >= 0.6 is 0 Å². The molecular formula is C37H43N. The van der Waals surface area contributed by atoms with E-state index in [4.69, 9.17) is 0 Å². The Labute approximate surface area is 229 Å². The first-order chi connectivity index (χ1) is 17.7. The normalized spacial score (nSPS) is 13.0. The molecule has 5 aromatic rings. The Hall–Kier alpha value is -3.32. The van der Waals surface area contributed by atoms with Gasteiger partial charge in [0.15, 0.2) is 0 Å². The first-order valence-electron chi connectivity index (χ1n) is 14.0. The zero-order valence-electron chi connectivity index (χ0n) is 25.0. The van der Waals surface area contributed by atoms with Crippen LogP contribution in [0.3, 0.4) is 0 Å². The molecule has 0 atom stereocenters. The molecule has 0 fully saturated rings. The summed E-state index contributed by atoms with van der Waals surface area (Å²) in [5, 5.41) is 2.71. The predicted octanol–water partition coefficient (Wildman–Crippen LogP) is 10.7. The SMILES string of the molecule is Cc1c(C(C)(C)C)ccc2c1c1c(-c3ccccc3)cccc1n2-c1cc(C(C)(C)C)cc(C(C)(C)C)c1. The van der Waals surface area contributed by atoms with Gasteiger partial charge >= 0.3 is 0 Å². The summed E-state index contributed by atoms with van der Waals surface area (Å²) in [7, 11) is 0. The quantitative estimate of drug-likeness (QED) is 0.227. The molecule has 196 valence electrons. The Kier molecular flexibility index (Phi) is 6.14. The highest BCUT2D eigenvalue weighted by molar-refractivity contribution is 6.17. The number of fused-ring (bicyclic) bond motifs is 3. The molecule has 0 bridgehead atoms. The van der Waals surface area contributed by atoms with Gasteiger partial charge < -0.3 is 4.57 Å². The summed E-state index contributed by atoms with van der Waals surface area (Å²) in [6.07, 6.45) is 0. The van der Waals surface area contributed by atoms with Gasteiger partial charge in [0.05, 0.1) is 11.0 Å². The molecule has 0 amide bonds. The molecule has 0 unspecified atom stereocenters. The molecule has 0 radical (unpaired) electrons. The molecule has 0 aliphatic carbocycles. The Morgan fingerprint density at radius 1 is 0.526 bits per heavy atom. The summed E-state index contributed by atoms with van der Waals surface area (Å²) >= 11 is 0. The van der Waals surface area contributed by atoms with E-state index in [9.17, 15) is 0 Å². The monoisotopic (exact) mass is 501 g/mol. The summed E-state index contributed by atoms with van der Waals surface area (Å²) in [5.41, 5.74) is 12.1. The van der Waals surface area contributed by atoms with E-state index >= 15 is 0 Å². The van der Waals surface area contributed by atoms with E-state index in [0.717, 1.165) is 0 Å². The fourth-order valence-electron chi connectivity index (χ4n) is 5.87. The molecule has 5 rings (SSSR count). The number of nitrogens with zero attached hydrogens (tertiary/aromatic N) is 1. The predicted molar refractivity (Wildman–Crippen MR) is 167 cm³/mol. The van der Waals surface area contributed by atoms with Crippen molar-refractivity contribution < 1.29 is 0 Å². The fourth-order valence-corrected chi connectivity index (χ4v) is 5.87. The lowest BCUT2D eigenvalue weighted by Crippen LogP contribution is -2.17. The second kappa shape index (κ2) is 8.87. The van der Waals surface area contributed by atoms with Crippen LogP contribution in [-0.4, -0.2) is 4.57 Å². The number of benzene rings is 4. The van der Waals surface area contributed by atoms with Gasteiger partial charge in [-0.15, -0.1) is 0 Å². The molecular weight excluding hydrogens is 458 g/mol. The van der Waals surface area contributed by atoms with Gasteiger partial charge in [-0.05, 0) is 80.8 Å². The number of hydrogen-bond acceptors (Lipinski definition) is 0. The van der Waals surface area contributed by atoms with Gasteiger partial charge in [-0.2, -0.15) is 0 Å². The van der Waals surface area contributed by atoms with E-state index in [0.29, 0.717) is 0 Å². The van der Waals surface area contributed by atoms with Crippen molar-refractivity contribution in [3.05, 3.63) is 101 Å². The third kappa shape index (κ3) is 4.47. The van der Waals surface area contributed by atoms with E-state index in [1.807, 2.05) is 0 Å². The number of rotatable bonds is 2. The van der Waals surface area contributed by atoms with Crippen LogP contribution in [-0.2, 0) is 16.2 Å². The highest BCUT2D eigenvalue weighted by Crippen LogP contribution is 2.43. The average Bonchev–Trinajstić information content (AvgIpc) is 3.18. The summed E-state index contributed by atoms with van der Waals surface area (Å²) in [5.74, 6) is 0. The molecule has 0 saturated heterocycles. The van der Waals surface area contributed by atoms with Crippen LogP contribution in [0.25, 0.3) is 38.6 Å². The largest absolute Gasteiger partial charge is 0.309 e. The van der Waals surface area contributed by atoms with Crippen molar-refractivity contribution in [3.63, 3.8) is 0 Å². The molecule has 0 aliphatic rings. The Morgan fingerprint density at radius 2 is 1.11 bits per heavy atom. The van der Waals surface area contributed by atoms with Crippen LogP contribution in [0.2, 0.25) is 0 Å². The van der Waals surface area contributed by atoms with E-state index in [1.165, 1.54) is 60.9 Å². The Morgan fingerprint density at radius 3 is 1.66 bits per heavy atom. The molecule has 4 aromatic carbocycles. The second-order valence-electron chi connectivity index (χ2n) is 14.1. The summed E-state index contributed by atoms with van der Waals surface area (Å²) in [6, 6.07) is 29.6. The summed E-state index contributed by atoms with van der Waals surface area (Å²) in [4.78, 5) is 0. The van der Waals surface area contributed by atoms with Gasteiger partial charge in [-0.3, -0.25) is 0 Å². The smallest absolute Gasteiger partial charge is 0.0547 e. The van der Waals surface area contributed by atoms with Crippen molar-refractivity contribution in [3.8, 4) is 16.8 Å². The van der Waals surface area contributed by atoms with Crippen LogP contribution < -0.4 is 0 Å². The van der Waals surface area contributed by atoms with Crippen molar-refractivity contribution in [2.24, 2.45) is 0 Å². The zero-order chi connectivity index (χ0) is 27.6. The van der Waals surface area contributed by atoms with Crippen molar-refractivity contribution in [1.29, 1.82) is 0 Å². The number of aryl methyl sites for hydroxylation is 1. The van der Waals surface area contributed by atoms with Crippen molar-refractivity contribution in [1.82, 2.24) is 4.57 Å². The maximum absolute atomic E-state index is 2.51. The van der Waals surface area contributed by atoms with Crippen molar-refractivity contribution >= 4 is 21.8 Å².